The third-order valence-electron chi connectivity index (χ3n) is 7.50. The highest BCUT2D eigenvalue weighted by Gasteiger charge is 2.45. The number of nitrogens with zero attached hydrogens (tertiary/aromatic N) is 3. The Hall–Kier alpha value is -5.11. The second-order valence-corrected chi connectivity index (χ2v) is 11.5. The fraction of sp³-hybridized carbons (Fsp3) is 0.300. The Morgan fingerprint density at radius 3 is 2.48 bits per heavy atom. The number of likely N-dealkylation sites (N-methyl/N-ethyl adjacent to an activating group) is 1. The van der Waals surface area contributed by atoms with E-state index in [1.807, 2.05) is 6.92 Å². The maximum Gasteiger partial charge on any atom is 0.264 e. The van der Waals surface area contributed by atoms with E-state index in [1.165, 1.54) is 29.4 Å². The molecule has 6 amide bonds. The zero-order chi connectivity index (χ0) is 31.5. The Balaban J connectivity index is 1.41. The van der Waals surface area contributed by atoms with Crippen LogP contribution < -0.4 is 21.3 Å². The number of imide groups is 2. The maximum absolute atomic E-state index is 13.9. The number of aromatic nitrogens is 1. The molecule has 0 radical (unpaired) electrons. The molecule has 2 aromatic carbocycles. The van der Waals surface area contributed by atoms with E-state index in [0.717, 1.165) is 15.5 Å². The van der Waals surface area contributed by atoms with E-state index in [1.54, 1.807) is 49.6 Å². The average molecular weight is 618 g/mol. The van der Waals surface area contributed by atoms with E-state index in [4.69, 9.17) is 0 Å². The van der Waals surface area contributed by atoms with Gasteiger partial charge in [-0.2, -0.15) is 0 Å². The van der Waals surface area contributed by atoms with Gasteiger partial charge in [-0.1, -0.05) is 6.07 Å². The largest absolute Gasteiger partial charge is 0.388 e. The van der Waals surface area contributed by atoms with Crippen molar-refractivity contribution in [3.05, 3.63) is 75.2 Å². The minimum atomic E-state index is -1.09. The van der Waals surface area contributed by atoms with E-state index in [9.17, 15) is 28.8 Å². The second kappa shape index (κ2) is 12.6. The van der Waals surface area contributed by atoms with Gasteiger partial charge in [-0.3, -0.25) is 39.0 Å². The highest BCUT2D eigenvalue weighted by atomic mass is 32.1. The van der Waals surface area contributed by atoms with E-state index >= 15 is 0 Å². The SMILES string of the molecule is CNC(=O)C(c1ncc(C)s1)N(CCNc1cccc2c1C(=O)N(C1CCC(=O)NC1=O)C2=O)C(=O)c1ccc(NC)cc1. The van der Waals surface area contributed by atoms with Gasteiger partial charge < -0.3 is 20.9 Å². The van der Waals surface area contributed by atoms with Gasteiger partial charge in [0.05, 0.1) is 11.1 Å². The molecule has 0 spiro atoms. The molecule has 4 N–H and O–H groups in total. The Kier molecular flexibility index (Phi) is 8.71. The van der Waals surface area contributed by atoms with Crippen molar-refractivity contribution in [1.82, 2.24) is 25.4 Å². The van der Waals surface area contributed by atoms with Gasteiger partial charge in [0, 0.05) is 61.6 Å². The first-order chi connectivity index (χ1) is 21.1. The molecular weight excluding hydrogens is 586 g/mol. The van der Waals surface area contributed by atoms with E-state index in [2.05, 4.69) is 26.3 Å². The monoisotopic (exact) mass is 617 g/mol. The number of piperidine rings is 1. The maximum atomic E-state index is 13.9. The number of hydrogen-bond acceptors (Lipinski definition) is 10. The zero-order valence-corrected chi connectivity index (χ0v) is 25.1. The third kappa shape index (κ3) is 5.75. The van der Waals surface area contributed by atoms with Gasteiger partial charge in [-0.15, -0.1) is 11.3 Å². The predicted molar refractivity (Wildman–Crippen MR) is 162 cm³/mol. The Bertz CT molecular complexity index is 1650. The smallest absolute Gasteiger partial charge is 0.264 e. The molecule has 0 saturated carbocycles. The van der Waals surface area contributed by atoms with E-state index < -0.39 is 47.5 Å². The normalized spacial score (nSPS) is 16.7. The van der Waals surface area contributed by atoms with Gasteiger partial charge in [0.2, 0.25) is 17.7 Å². The molecule has 1 aromatic heterocycles. The molecule has 14 heteroatoms. The summed E-state index contributed by atoms with van der Waals surface area (Å²) in [5.74, 6) is -3.24. The number of fused-ring (bicyclic) bond motifs is 1. The summed E-state index contributed by atoms with van der Waals surface area (Å²) in [4.78, 5) is 85.5. The number of nitrogens with one attached hydrogen (secondary N) is 4. The summed E-state index contributed by atoms with van der Waals surface area (Å²) in [5, 5.41) is 11.4. The summed E-state index contributed by atoms with van der Waals surface area (Å²) in [6.45, 7) is 2.00. The molecule has 2 atom stereocenters. The van der Waals surface area contributed by atoms with Crippen molar-refractivity contribution in [2.24, 2.45) is 0 Å². The van der Waals surface area contributed by atoms with Crippen molar-refractivity contribution in [2.75, 3.05) is 37.8 Å². The number of benzene rings is 2. The highest BCUT2D eigenvalue weighted by Crippen LogP contribution is 2.33. The van der Waals surface area contributed by atoms with Gasteiger partial charge in [0.1, 0.15) is 11.0 Å². The van der Waals surface area contributed by atoms with Crippen LogP contribution in [0.15, 0.2) is 48.7 Å². The molecule has 5 rings (SSSR count). The lowest BCUT2D eigenvalue weighted by Crippen LogP contribution is -2.54. The number of carbonyl (C=O) groups excluding carboxylic acids is 6. The highest BCUT2D eigenvalue weighted by molar-refractivity contribution is 7.11. The topological polar surface area (TPSA) is 170 Å². The van der Waals surface area contributed by atoms with Crippen molar-refractivity contribution in [1.29, 1.82) is 0 Å². The average Bonchev–Trinajstić information content (AvgIpc) is 3.56. The molecule has 2 unspecified atom stereocenters. The number of anilines is 2. The van der Waals surface area contributed by atoms with E-state index in [-0.39, 0.29) is 37.1 Å². The molecule has 228 valence electrons. The van der Waals surface area contributed by atoms with Gasteiger partial charge in [-0.05, 0) is 49.7 Å². The van der Waals surface area contributed by atoms with Gasteiger partial charge in [-0.25, -0.2) is 4.98 Å². The van der Waals surface area contributed by atoms with Crippen molar-refractivity contribution in [3.63, 3.8) is 0 Å². The van der Waals surface area contributed by atoms with E-state index in [0.29, 0.717) is 16.3 Å². The number of carbonyl (C=O) groups is 6. The predicted octanol–water partition coefficient (Wildman–Crippen LogP) is 1.94. The first kappa shape index (κ1) is 30.4. The lowest BCUT2D eigenvalue weighted by atomic mass is 10.0. The molecular formula is C30H31N7O6S. The van der Waals surface area contributed by atoms with Crippen LogP contribution in [-0.4, -0.2) is 83.5 Å². The van der Waals surface area contributed by atoms with Crippen LogP contribution in [0.1, 0.15) is 59.8 Å². The van der Waals surface area contributed by atoms with Crippen molar-refractivity contribution < 1.29 is 28.8 Å². The van der Waals surface area contributed by atoms with Gasteiger partial charge in [0.25, 0.3) is 17.7 Å². The van der Waals surface area contributed by atoms with Crippen molar-refractivity contribution >= 4 is 58.2 Å². The fourth-order valence-corrected chi connectivity index (χ4v) is 6.18. The lowest BCUT2D eigenvalue weighted by molar-refractivity contribution is -0.136. The van der Waals surface area contributed by atoms with Crippen molar-refractivity contribution in [2.45, 2.75) is 31.8 Å². The molecule has 2 aliphatic rings. The quantitative estimate of drug-likeness (QED) is 0.248. The fourth-order valence-electron chi connectivity index (χ4n) is 5.29. The van der Waals surface area contributed by atoms with Crippen LogP contribution in [0, 0.1) is 6.92 Å². The molecule has 1 fully saturated rings. The molecule has 0 aliphatic carbocycles. The summed E-state index contributed by atoms with van der Waals surface area (Å²) < 4.78 is 0. The van der Waals surface area contributed by atoms with Crippen LogP contribution in [0.2, 0.25) is 0 Å². The molecule has 1 saturated heterocycles. The van der Waals surface area contributed by atoms with Crippen LogP contribution in [-0.2, 0) is 14.4 Å². The summed E-state index contributed by atoms with van der Waals surface area (Å²) in [5.41, 5.74) is 1.75. The van der Waals surface area contributed by atoms with Crippen LogP contribution in [0.5, 0.6) is 0 Å². The number of amides is 6. The Morgan fingerprint density at radius 1 is 1.09 bits per heavy atom. The minimum Gasteiger partial charge on any atom is -0.388 e. The standard InChI is InChI=1S/C30H31N7O6S/c1-16-15-34-27(44-16)24(26(40)32-3)36(28(41)17-7-9-18(31-2)10-8-17)14-13-33-20-6-4-5-19-23(20)30(43)37(29(19)42)21-11-12-22(38)35-25(21)39/h4-10,15,21,24,31,33H,11-14H2,1-3H3,(H,32,40)(H,35,38,39). The number of aryl methyl sites for hydroxylation is 1. The van der Waals surface area contributed by atoms with Crippen LogP contribution in [0.25, 0.3) is 0 Å². The van der Waals surface area contributed by atoms with Gasteiger partial charge >= 0.3 is 0 Å². The molecule has 2 aliphatic heterocycles. The molecule has 13 nitrogen and oxygen atoms in total. The second-order valence-electron chi connectivity index (χ2n) is 10.3. The van der Waals surface area contributed by atoms with Crippen molar-refractivity contribution in [3.8, 4) is 0 Å². The molecule has 3 aromatic rings. The van der Waals surface area contributed by atoms with Crippen LogP contribution in [0.3, 0.4) is 0 Å². The first-order valence-electron chi connectivity index (χ1n) is 14.0. The van der Waals surface area contributed by atoms with Crippen LogP contribution in [0.4, 0.5) is 11.4 Å². The molecule has 44 heavy (non-hydrogen) atoms. The minimum absolute atomic E-state index is 0.0155. The Morgan fingerprint density at radius 2 is 1.84 bits per heavy atom. The Labute approximate surface area is 257 Å². The summed E-state index contributed by atoms with van der Waals surface area (Å²) in [6.07, 6.45) is 1.70. The van der Waals surface area contributed by atoms with Gasteiger partial charge in [0.15, 0.2) is 6.04 Å². The summed E-state index contributed by atoms with van der Waals surface area (Å²) in [6, 6.07) is 9.48. The summed E-state index contributed by atoms with van der Waals surface area (Å²) in [7, 11) is 3.26. The number of rotatable bonds is 10. The number of thiazole rings is 1. The number of hydrogen-bond donors (Lipinski definition) is 4. The first-order valence-corrected chi connectivity index (χ1v) is 14.8. The van der Waals surface area contributed by atoms with Crippen LogP contribution >= 0.6 is 11.3 Å². The molecule has 3 heterocycles. The molecule has 0 bridgehead atoms. The zero-order valence-electron chi connectivity index (χ0n) is 24.3. The lowest BCUT2D eigenvalue weighted by Gasteiger charge is -2.30. The summed E-state index contributed by atoms with van der Waals surface area (Å²) >= 11 is 1.31. The third-order valence-corrected chi connectivity index (χ3v) is 8.46.